The number of anilines is 1. The summed E-state index contributed by atoms with van der Waals surface area (Å²) in [5.41, 5.74) is 11.2. The molecule has 0 aliphatic carbocycles. The number of nitrogens with one attached hydrogen (secondary N) is 1. The molecule has 0 atom stereocenters. The molecular weight excluding hydrogens is 172 g/mol. The lowest BCUT2D eigenvalue weighted by Gasteiger charge is -1.98. The maximum atomic E-state index is 5.72. The van der Waals surface area contributed by atoms with E-state index in [9.17, 15) is 0 Å². The van der Waals surface area contributed by atoms with Crippen LogP contribution >= 0.6 is 11.5 Å². The van der Waals surface area contributed by atoms with Gasteiger partial charge in [0.25, 0.3) is 0 Å². The van der Waals surface area contributed by atoms with Gasteiger partial charge in [0.05, 0.1) is 17.0 Å². The molecular formula is C7H12N4S. The molecule has 1 aromatic rings. The Bertz CT molecular complexity index is 283. The molecule has 1 rings (SSSR count). The molecule has 0 saturated heterocycles. The van der Waals surface area contributed by atoms with Gasteiger partial charge >= 0.3 is 0 Å². The molecule has 1 heterocycles. The van der Waals surface area contributed by atoms with Gasteiger partial charge in [-0.05, 0) is 25.4 Å². The Morgan fingerprint density at radius 3 is 2.75 bits per heavy atom. The largest absolute Gasteiger partial charge is 0.389 e. The summed E-state index contributed by atoms with van der Waals surface area (Å²) in [6, 6.07) is 0. The van der Waals surface area contributed by atoms with Gasteiger partial charge in [0.15, 0.2) is 0 Å². The average Bonchev–Trinajstić information content (AvgIpc) is 2.32. The van der Waals surface area contributed by atoms with Crippen LogP contribution in [0.2, 0.25) is 0 Å². The normalized spacial score (nSPS) is 11.8. The van der Waals surface area contributed by atoms with Crippen molar-refractivity contribution in [3.05, 3.63) is 11.3 Å². The van der Waals surface area contributed by atoms with Crippen molar-refractivity contribution in [1.82, 2.24) is 9.80 Å². The molecule has 0 aliphatic heterocycles. The molecule has 1 aromatic heterocycles. The van der Waals surface area contributed by atoms with Crippen molar-refractivity contribution in [2.45, 2.75) is 13.8 Å². The van der Waals surface area contributed by atoms with Gasteiger partial charge in [-0.1, -0.05) is 0 Å². The van der Waals surface area contributed by atoms with E-state index in [1.807, 2.05) is 13.8 Å². The SMILES string of the molecule is CN/N=C(\C)c1c(C)nsc1N. The number of nitrogen functional groups attached to an aromatic ring is 1. The van der Waals surface area contributed by atoms with Gasteiger partial charge in [0.2, 0.25) is 0 Å². The molecule has 0 aromatic carbocycles. The topological polar surface area (TPSA) is 63.3 Å². The summed E-state index contributed by atoms with van der Waals surface area (Å²) in [6.45, 7) is 3.83. The second-order valence-electron chi connectivity index (χ2n) is 2.43. The molecule has 0 fully saturated rings. The van der Waals surface area contributed by atoms with Crippen molar-refractivity contribution in [3.8, 4) is 0 Å². The van der Waals surface area contributed by atoms with Crippen molar-refractivity contribution in [1.29, 1.82) is 0 Å². The Morgan fingerprint density at radius 1 is 1.67 bits per heavy atom. The van der Waals surface area contributed by atoms with Crippen LogP contribution in [0.5, 0.6) is 0 Å². The zero-order valence-corrected chi connectivity index (χ0v) is 8.20. The summed E-state index contributed by atoms with van der Waals surface area (Å²) in [7, 11) is 1.76. The monoisotopic (exact) mass is 184 g/mol. The highest BCUT2D eigenvalue weighted by molar-refractivity contribution is 7.10. The molecule has 4 nitrogen and oxygen atoms in total. The quantitative estimate of drug-likeness (QED) is 0.532. The third-order valence-electron chi connectivity index (χ3n) is 1.53. The van der Waals surface area contributed by atoms with Gasteiger partial charge in [0, 0.05) is 7.05 Å². The standard InChI is InChI=1S/C7H12N4S/c1-4(10-9-3)6-5(2)11-12-7(6)8/h9H,8H2,1-3H3/b10-4+. The second kappa shape index (κ2) is 3.53. The summed E-state index contributed by atoms with van der Waals surface area (Å²) in [6.07, 6.45) is 0. The molecule has 0 saturated carbocycles. The van der Waals surface area contributed by atoms with Crippen molar-refractivity contribution in [3.63, 3.8) is 0 Å². The van der Waals surface area contributed by atoms with E-state index < -0.39 is 0 Å². The number of aryl methyl sites for hydroxylation is 1. The number of hydrogen-bond donors (Lipinski definition) is 2. The van der Waals surface area contributed by atoms with Gasteiger partial charge < -0.3 is 11.2 Å². The fourth-order valence-electron chi connectivity index (χ4n) is 1.05. The number of hydrazone groups is 1. The molecule has 0 spiro atoms. The van der Waals surface area contributed by atoms with Crippen LogP contribution < -0.4 is 11.2 Å². The van der Waals surface area contributed by atoms with E-state index in [0.29, 0.717) is 0 Å². The number of aromatic nitrogens is 1. The van der Waals surface area contributed by atoms with E-state index >= 15 is 0 Å². The number of nitrogens with zero attached hydrogens (tertiary/aromatic N) is 2. The molecule has 0 amide bonds. The molecule has 0 unspecified atom stereocenters. The lowest BCUT2D eigenvalue weighted by Crippen LogP contribution is -2.05. The molecule has 0 radical (unpaired) electrons. The first kappa shape index (κ1) is 8.99. The summed E-state index contributed by atoms with van der Waals surface area (Å²) >= 11 is 1.30. The smallest absolute Gasteiger partial charge is 0.116 e. The van der Waals surface area contributed by atoms with E-state index in [-0.39, 0.29) is 0 Å². The van der Waals surface area contributed by atoms with Gasteiger partial charge in [-0.3, -0.25) is 0 Å². The summed E-state index contributed by atoms with van der Waals surface area (Å²) in [5.74, 6) is 0. The van der Waals surface area contributed by atoms with Crippen LogP contribution in [0.15, 0.2) is 5.10 Å². The summed E-state index contributed by atoms with van der Waals surface area (Å²) in [4.78, 5) is 0. The minimum atomic E-state index is 0.726. The van der Waals surface area contributed by atoms with Gasteiger partial charge in [-0.25, -0.2) is 0 Å². The lowest BCUT2D eigenvalue weighted by molar-refractivity contribution is 0.899. The molecule has 66 valence electrons. The Balaban J connectivity index is 3.09. The lowest BCUT2D eigenvalue weighted by atomic mass is 10.2. The first-order chi connectivity index (χ1) is 5.66. The van der Waals surface area contributed by atoms with Crippen molar-refractivity contribution in [2.24, 2.45) is 5.10 Å². The Labute approximate surface area is 75.6 Å². The zero-order valence-electron chi connectivity index (χ0n) is 7.38. The number of nitrogens with two attached hydrogens (primary N) is 1. The van der Waals surface area contributed by atoms with Crippen LogP contribution in [0.1, 0.15) is 18.2 Å². The Morgan fingerprint density at radius 2 is 2.33 bits per heavy atom. The van der Waals surface area contributed by atoms with E-state index in [2.05, 4.69) is 14.9 Å². The molecule has 0 aliphatic rings. The first-order valence-electron chi connectivity index (χ1n) is 3.60. The average molecular weight is 184 g/mol. The maximum Gasteiger partial charge on any atom is 0.116 e. The molecule has 12 heavy (non-hydrogen) atoms. The van der Waals surface area contributed by atoms with Crippen LogP contribution in [-0.2, 0) is 0 Å². The van der Waals surface area contributed by atoms with Crippen LogP contribution in [0.25, 0.3) is 0 Å². The highest BCUT2D eigenvalue weighted by Crippen LogP contribution is 2.21. The highest BCUT2D eigenvalue weighted by atomic mass is 32.1. The minimum Gasteiger partial charge on any atom is -0.389 e. The second-order valence-corrected chi connectivity index (χ2v) is 3.23. The maximum absolute atomic E-state index is 5.72. The van der Waals surface area contributed by atoms with E-state index in [1.165, 1.54) is 11.5 Å². The predicted octanol–water partition coefficient (Wildman–Crippen LogP) is 0.977. The van der Waals surface area contributed by atoms with Crippen molar-refractivity contribution < 1.29 is 0 Å². The fourth-order valence-corrected chi connectivity index (χ4v) is 1.76. The minimum absolute atomic E-state index is 0.726. The molecule has 0 bridgehead atoms. The van der Waals surface area contributed by atoms with E-state index in [0.717, 1.165) is 22.0 Å². The molecule has 3 N–H and O–H groups in total. The van der Waals surface area contributed by atoms with Crippen LogP contribution in [0, 0.1) is 6.92 Å². The van der Waals surface area contributed by atoms with Crippen molar-refractivity contribution >= 4 is 22.2 Å². The third kappa shape index (κ3) is 1.55. The van der Waals surface area contributed by atoms with Gasteiger partial charge in [-0.15, -0.1) is 0 Å². The van der Waals surface area contributed by atoms with E-state index in [4.69, 9.17) is 5.73 Å². The Hall–Kier alpha value is -1.10. The summed E-state index contributed by atoms with van der Waals surface area (Å²) < 4.78 is 4.13. The van der Waals surface area contributed by atoms with Crippen molar-refractivity contribution in [2.75, 3.05) is 12.8 Å². The predicted molar refractivity (Wildman–Crippen MR) is 52.5 cm³/mol. The van der Waals surface area contributed by atoms with Gasteiger partial charge in [-0.2, -0.15) is 9.47 Å². The van der Waals surface area contributed by atoms with Gasteiger partial charge in [0.1, 0.15) is 5.00 Å². The summed E-state index contributed by atoms with van der Waals surface area (Å²) in [5, 5.41) is 4.77. The third-order valence-corrected chi connectivity index (χ3v) is 2.30. The number of hydrogen-bond acceptors (Lipinski definition) is 5. The fraction of sp³-hybridized carbons (Fsp3) is 0.429. The first-order valence-corrected chi connectivity index (χ1v) is 4.37. The van der Waals surface area contributed by atoms with E-state index in [1.54, 1.807) is 7.05 Å². The highest BCUT2D eigenvalue weighted by Gasteiger charge is 2.09. The van der Waals surface area contributed by atoms with Crippen LogP contribution in [0.3, 0.4) is 0 Å². The molecule has 5 heteroatoms. The van der Waals surface area contributed by atoms with Crippen LogP contribution in [0.4, 0.5) is 5.00 Å². The zero-order chi connectivity index (χ0) is 9.14. The Kier molecular flexibility index (Phi) is 2.65. The number of rotatable bonds is 2. The van der Waals surface area contributed by atoms with Crippen LogP contribution in [-0.4, -0.2) is 17.1 Å².